The third kappa shape index (κ3) is 10.3. The predicted molar refractivity (Wildman–Crippen MR) is 142 cm³/mol. The van der Waals surface area contributed by atoms with Gasteiger partial charge in [-0.15, -0.1) is 0 Å². The van der Waals surface area contributed by atoms with Gasteiger partial charge in [0.05, 0.1) is 13.2 Å². The molecule has 9 N–H and O–H groups in total. The molecule has 0 saturated carbocycles. The minimum Gasteiger partial charge on any atom is -0.394 e. The monoisotopic (exact) mass is 667 g/mol. The van der Waals surface area contributed by atoms with E-state index in [9.17, 15) is 54.0 Å². The van der Waals surface area contributed by atoms with Gasteiger partial charge in [-0.3, -0.25) is 23.4 Å². The first-order valence-corrected chi connectivity index (χ1v) is 16.1. The van der Waals surface area contributed by atoms with E-state index in [4.69, 9.17) is 14.6 Å². The summed E-state index contributed by atoms with van der Waals surface area (Å²) in [5, 5.41) is 58.6. The number of hydrogen-bond donors (Lipinski definition) is 9. The van der Waals surface area contributed by atoms with Gasteiger partial charge in [0.2, 0.25) is 0 Å². The van der Waals surface area contributed by atoms with Crippen molar-refractivity contribution >= 4 is 15.6 Å². The van der Waals surface area contributed by atoms with Gasteiger partial charge < -0.3 is 54.8 Å². The van der Waals surface area contributed by atoms with E-state index in [1.54, 1.807) is 0 Å². The van der Waals surface area contributed by atoms with Crippen molar-refractivity contribution in [2.75, 3.05) is 32.8 Å². The number of aliphatic hydroxyl groups is 6. The van der Waals surface area contributed by atoms with Gasteiger partial charge in [-0.05, 0) is 19.6 Å². The van der Waals surface area contributed by atoms with Gasteiger partial charge in [0.1, 0.15) is 42.7 Å². The van der Waals surface area contributed by atoms with Crippen LogP contribution < -0.4 is 11.2 Å². The zero-order valence-electron chi connectivity index (χ0n) is 23.4. The molecule has 43 heavy (non-hydrogen) atoms. The third-order valence-corrected chi connectivity index (χ3v) is 9.10. The standard InChI is InChI=1S/C15H24N2O17P2.C6H15N/c18-3-5-8(20)10(22)12(24)14(32-5)33-36(28,29)34-35(26,27)30-4-6-9(21)11(23)13(31-6)17-2-1-7(19)16-15(17)25;1-4-7(5-2)6-3/h1-2,5-6,8-14,18,20-24H,3-4H2,(H,26,27)(H,28,29)(H,16,19,25);4-6H2,1-3H3/t5-,6-,8-,9-,10+,11-,12+,13-,14-;/m1./s1. The van der Waals surface area contributed by atoms with Crippen LogP contribution in [0.25, 0.3) is 0 Å². The number of nitrogens with one attached hydrogen (secondary N) is 1. The Kier molecular flexibility index (Phi) is 14.3. The first-order valence-electron chi connectivity index (χ1n) is 13.1. The number of phosphoric acid groups is 2. The van der Waals surface area contributed by atoms with Gasteiger partial charge in [0.15, 0.2) is 12.5 Å². The smallest absolute Gasteiger partial charge is 0.394 e. The van der Waals surface area contributed by atoms with Crippen molar-refractivity contribution in [3.05, 3.63) is 33.1 Å². The summed E-state index contributed by atoms with van der Waals surface area (Å²) in [5.41, 5.74) is -1.75. The second kappa shape index (κ2) is 16.2. The molecule has 3 rings (SSSR count). The first-order chi connectivity index (χ1) is 20.0. The van der Waals surface area contributed by atoms with Gasteiger partial charge in [-0.25, -0.2) is 13.9 Å². The lowest BCUT2D eigenvalue weighted by atomic mass is 10.00. The number of hydrogen-bond acceptors (Lipinski definition) is 16. The quantitative estimate of drug-likeness (QED) is 0.0979. The fourth-order valence-corrected chi connectivity index (χ4v) is 6.18. The Morgan fingerprint density at radius 1 is 0.884 bits per heavy atom. The summed E-state index contributed by atoms with van der Waals surface area (Å²) in [7, 11) is -11.1. The van der Waals surface area contributed by atoms with Crippen LogP contribution in [-0.4, -0.2) is 137 Å². The zero-order valence-corrected chi connectivity index (χ0v) is 25.2. The molecule has 2 unspecified atom stereocenters. The minimum absolute atomic E-state index is 0.723. The fourth-order valence-electron chi connectivity index (χ4n) is 4.02. The van der Waals surface area contributed by atoms with Crippen LogP contribution >= 0.6 is 15.6 Å². The largest absolute Gasteiger partial charge is 0.483 e. The van der Waals surface area contributed by atoms with Gasteiger partial charge in [-0.1, -0.05) is 20.8 Å². The summed E-state index contributed by atoms with van der Waals surface area (Å²) in [6, 6.07) is 0.928. The molecule has 11 atom stereocenters. The molecule has 0 aliphatic carbocycles. The SMILES string of the molecule is CCN(CC)CC.O=c1ccn([C@@H]2O[C@H](COP(=O)(O)OP(=O)(O)O[C@H]3O[C@H](CO)[C@@H](O)[C@H](O)[C@@H]3O)[C@@H](O)[C@H]2O)c(=O)[nH]1. The lowest BCUT2D eigenvalue weighted by molar-refractivity contribution is -0.280. The van der Waals surface area contributed by atoms with Gasteiger partial charge in [-0.2, -0.15) is 4.31 Å². The number of rotatable bonds is 12. The molecule has 2 aliphatic rings. The molecule has 250 valence electrons. The van der Waals surface area contributed by atoms with Crippen molar-refractivity contribution in [3.63, 3.8) is 0 Å². The maximum Gasteiger partial charge on any atom is 0.483 e. The van der Waals surface area contributed by atoms with E-state index in [-0.39, 0.29) is 0 Å². The van der Waals surface area contributed by atoms with Crippen molar-refractivity contribution < 1.29 is 72.4 Å². The summed E-state index contributed by atoms with van der Waals surface area (Å²) < 4.78 is 48.1. The van der Waals surface area contributed by atoms with Gasteiger partial charge in [0, 0.05) is 12.3 Å². The molecule has 0 spiro atoms. The highest BCUT2D eigenvalue weighted by atomic mass is 31.3. The molecular formula is C21H39N3O17P2. The third-order valence-electron chi connectivity index (χ3n) is 6.50. The number of nitrogens with zero attached hydrogens (tertiary/aromatic N) is 2. The molecule has 0 radical (unpaired) electrons. The zero-order chi connectivity index (χ0) is 32.7. The molecular weight excluding hydrogens is 628 g/mol. The summed E-state index contributed by atoms with van der Waals surface area (Å²) in [6.07, 6.45) is -15.4. The van der Waals surface area contributed by atoms with Crippen molar-refractivity contribution in [1.82, 2.24) is 14.5 Å². The summed E-state index contributed by atoms with van der Waals surface area (Å²) in [5.74, 6) is 0. The van der Waals surface area contributed by atoms with Crippen molar-refractivity contribution in [2.45, 2.75) is 76.0 Å². The Morgan fingerprint density at radius 2 is 1.47 bits per heavy atom. The summed E-state index contributed by atoms with van der Waals surface area (Å²) >= 11 is 0. The molecule has 0 bridgehead atoms. The first kappa shape index (κ1) is 37.8. The lowest BCUT2D eigenvalue weighted by Gasteiger charge is -2.39. The average Bonchev–Trinajstić information content (AvgIpc) is 3.21. The van der Waals surface area contributed by atoms with E-state index in [1.165, 1.54) is 19.6 Å². The van der Waals surface area contributed by atoms with E-state index >= 15 is 0 Å². The summed E-state index contributed by atoms with van der Waals surface area (Å²) in [6.45, 7) is 8.20. The minimum atomic E-state index is -5.59. The number of ether oxygens (including phenoxy) is 2. The molecule has 2 saturated heterocycles. The van der Waals surface area contributed by atoms with Crippen molar-refractivity contribution in [1.29, 1.82) is 0 Å². The number of aromatic nitrogens is 2. The molecule has 2 fully saturated rings. The van der Waals surface area contributed by atoms with Crippen molar-refractivity contribution in [3.8, 4) is 0 Å². The average molecular weight is 667 g/mol. The Hall–Kier alpha value is -1.42. The Morgan fingerprint density at radius 3 is 1.98 bits per heavy atom. The Labute approximate surface area is 244 Å². The van der Waals surface area contributed by atoms with Crippen molar-refractivity contribution in [2.24, 2.45) is 0 Å². The molecule has 20 nitrogen and oxygen atoms in total. The van der Waals surface area contributed by atoms with E-state index < -0.39 is 95.4 Å². The van der Waals surface area contributed by atoms with Crippen LogP contribution in [0.3, 0.4) is 0 Å². The maximum atomic E-state index is 12.2. The van der Waals surface area contributed by atoms with E-state index in [0.717, 1.165) is 16.8 Å². The highest BCUT2D eigenvalue weighted by Crippen LogP contribution is 2.61. The normalized spacial score (nSPS) is 33.8. The molecule has 1 aromatic heterocycles. The Balaban J connectivity index is 0.000000821. The number of H-pyrrole nitrogens is 1. The van der Waals surface area contributed by atoms with Crippen LogP contribution in [0.1, 0.15) is 27.0 Å². The highest BCUT2D eigenvalue weighted by Gasteiger charge is 2.49. The number of aliphatic hydroxyl groups excluding tert-OH is 6. The van der Waals surface area contributed by atoms with E-state index in [2.05, 4.69) is 39.0 Å². The molecule has 22 heteroatoms. The van der Waals surface area contributed by atoms with Crippen LogP contribution in [0, 0.1) is 0 Å². The van der Waals surface area contributed by atoms with E-state index in [0.29, 0.717) is 0 Å². The topological polar surface area (TPSA) is 300 Å². The fraction of sp³-hybridized carbons (Fsp3) is 0.810. The molecule has 2 aliphatic heterocycles. The van der Waals surface area contributed by atoms with Crippen LogP contribution in [0.4, 0.5) is 0 Å². The molecule has 0 amide bonds. The molecule has 1 aromatic rings. The maximum absolute atomic E-state index is 12.2. The lowest BCUT2D eigenvalue weighted by Crippen LogP contribution is -2.58. The second-order valence-electron chi connectivity index (χ2n) is 9.30. The van der Waals surface area contributed by atoms with Crippen LogP contribution in [0.5, 0.6) is 0 Å². The van der Waals surface area contributed by atoms with Crippen LogP contribution in [-0.2, 0) is 32.0 Å². The Bertz CT molecular complexity index is 1220. The number of phosphoric ester groups is 2. The highest BCUT2D eigenvalue weighted by molar-refractivity contribution is 7.61. The predicted octanol–water partition coefficient (Wildman–Crippen LogP) is -3.45. The number of aromatic amines is 1. The van der Waals surface area contributed by atoms with E-state index in [1.807, 2.05) is 4.98 Å². The second-order valence-corrected chi connectivity index (χ2v) is 12.3. The van der Waals surface area contributed by atoms with Gasteiger partial charge in [0.25, 0.3) is 5.56 Å². The summed E-state index contributed by atoms with van der Waals surface area (Å²) in [4.78, 5) is 46.9. The van der Waals surface area contributed by atoms with Crippen LogP contribution in [0.2, 0.25) is 0 Å². The van der Waals surface area contributed by atoms with Gasteiger partial charge >= 0.3 is 21.3 Å². The molecule has 0 aromatic carbocycles. The van der Waals surface area contributed by atoms with Crippen LogP contribution in [0.15, 0.2) is 21.9 Å². The molecule has 3 heterocycles.